The molecule has 27 heavy (non-hydrogen) atoms. The molecular formula is C21H22FN3OS. The number of carbonyl (C=O) groups excluding carboxylic acids is 1. The number of hydrogen-bond donors (Lipinski definition) is 0. The van der Waals surface area contributed by atoms with Crippen molar-refractivity contribution < 1.29 is 9.18 Å². The summed E-state index contributed by atoms with van der Waals surface area (Å²) in [6.07, 6.45) is 1.64. The molecule has 1 heterocycles. The fraction of sp³-hybridized carbons (Fsp3) is 0.238. The van der Waals surface area contributed by atoms with Crippen LogP contribution in [0.15, 0.2) is 60.8 Å². The molecule has 4 nitrogen and oxygen atoms in total. The minimum atomic E-state index is -0.278. The van der Waals surface area contributed by atoms with Crippen molar-refractivity contribution in [2.75, 3.05) is 27.2 Å². The van der Waals surface area contributed by atoms with Crippen LogP contribution in [0.2, 0.25) is 0 Å². The first-order chi connectivity index (χ1) is 13.0. The van der Waals surface area contributed by atoms with E-state index in [1.54, 1.807) is 23.2 Å². The average Bonchev–Trinajstić information content (AvgIpc) is 3.17. The third-order valence-electron chi connectivity index (χ3n) is 4.13. The molecule has 1 amide bonds. The van der Waals surface area contributed by atoms with Gasteiger partial charge in [0.15, 0.2) is 0 Å². The molecule has 3 rings (SSSR count). The van der Waals surface area contributed by atoms with Gasteiger partial charge in [0.25, 0.3) is 5.91 Å². The second-order valence-electron chi connectivity index (χ2n) is 6.55. The molecule has 0 radical (unpaired) electrons. The molecule has 140 valence electrons. The van der Waals surface area contributed by atoms with Gasteiger partial charge in [-0.15, -0.1) is 11.3 Å². The van der Waals surface area contributed by atoms with E-state index in [1.807, 2.05) is 49.3 Å². The maximum Gasteiger partial charge on any atom is 0.265 e. The fourth-order valence-electron chi connectivity index (χ4n) is 2.63. The van der Waals surface area contributed by atoms with E-state index < -0.39 is 0 Å². The molecule has 0 unspecified atom stereocenters. The average molecular weight is 383 g/mol. The van der Waals surface area contributed by atoms with Crippen molar-refractivity contribution in [1.82, 2.24) is 14.8 Å². The van der Waals surface area contributed by atoms with Crippen molar-refractivity contribution in [3.05, 3.63) is 77.1 Å². The second-order valence-corrected chi connectivity index (χ2v) is 7.58. The maximum atomic E-state index is 13.2. The molecule has 6 heteroatoms. The van der Waals surface area contributed by atoms with Gasteiger partial charge in [-0.1, -0.05) is 42.5 Å². The van der Waals surface area contributed by atoms with Crippen LogP contribution in [0.5, 0.6) is 0 Å². The minimum Gasteiger partial charge on any atom is -0.332 e. The lowest BCUT2D eigenvalue weighted by atomic mass is 10.2. The number of carbonyl (C=O) groups is 1. The summed E-state index contributed by atoms with van der Waals surface area (Å²) in [7, 11) is 3.95. The Bertz CT molecular complexity index is 878. The van der Waals surface area contributed by atoms with Crippen LogP contribution < -0.4 is 0 Å². The number of thiazole rings is 1. The van der Waals surface area contributed by atoms with Crippen LogP contribution in [0, 0.1) is 5.82 Å². The van der Waals surface area contributed by atoms with E-state index in [0.717, 1.165) is 22.7 Å². The van der Waals surface area contributed by atoms with Crippen molar-refractivity contribution in [1.29, 1.82) is 0 Å². The highest BCUT2D eigenvalue weighted by molar-refractivity contribution is 7.16. The van der Waals surface area contributed by atoms with E-state index >= 15 is 0 Å². The molecule has 0 N–H and O–H groups in total. The third-order valence-corrected chi connectivity index (χ3v) is 5.16. The summed E-state index contributed by atoms with van der Waals surface area (Å²) in [5.74, 6) is -0.333. The summed E-state index contributed by atoms with van der Waals surface area (Å²) in [6, 6.07) is 16.1. The Labute approximate surface area is 162 Å². The molecule has 1 aromatic heterocycles. The van der Waals surface area contributed by atoms with Gasteiger partial charge in [-0.2, -0.15) is 0 Å². The number of nitrogens with zero attached hydrogens (tertiary/aromatic N) is 3. The summed E-state index contributed by atoms with van der Waals surface area (Å²) in [6.45, 7) is 1.77. The number of rotatable bonds is 7. The number of benzene rings is 2. The topological polar surface area (TPSA) is 36.4 Å². The highest BCUT2D eigenvalue weighted by atomic mass is 32.1. The number of aromatic nitrogens is 1. The van der Waals surface area contributed by atoms with Crippen molar-refractivity contribution >= 4 is 17.2 Å². The molecule has 0 aliphatic heterocycles. The first kappa shape index (κ1) is 19.2. The van der Waals surface area contributed by atoms with Gasteiger partial charge in [-0.3, -0.25) is 4.79 Å². The van der Waals surface area contributed by atoms with E-state index in [9.17, 15) is 9.18 Å². The van der Waals surface area contributed by atoms with Crippen LogP contribution in [0.25, 0.3) is 10.6 Å². The molecule has 0 saturated carbocycles. The zero-order chi connectivity index (χ0) is 19.2. The van der Waals surface area contributed by atoms with E-state index in [1.165, 1.54) is 23.5 Å². The number of halogens is 1. The molecule has 0 bridgehead atoms. The lowest BCUT2D eigenvalue weighted by Crippen LogP contribution is -2.35. The van der Waals surface area contributed by atoms with Gasteiger partial charge in [0.05, 0.1) is 6.20 Å². The molecule has 3 aromatic rings. The van der Waals surface area contributed by atoms with Gasteiger partial charge in [-0.25, -0.2) is 9.37 Å². The maximum absolute atomic E-state index is 13.2. The SMILES string of the molecule is CN(C)CCN(Cc1ccc(F)cc1)C(=O)c1cnc(-c2ccccc2)s1. The van der Waals surface area contributed by atoms with Gasteiger partial charge in [0, 0.05) is 25.2 Å². The van der Waals surface area contributed by atoms with E-state index in [-0.39, 0.29) is 11.7 Å². The van der Waals surface area contributed by atoms with Gasteiger partial charge in [-0.05, 0) is 31.8 Å². The van der Waals surface area contributed by atoms with Gasteiger partial charge in [0.2, 0.25) is 0 Å². The quantitative estimate of drug-likeness (QED) is 0.615. The normalized spacial score (nSPS) is 11.0. The van der Waals surface area contributed by atoms with E-state index in [0.29, 0.717) is 18.0 Å². The molecule has 2 aromatic carbocycles. The Hall–Kier alpha value is -2.57. The summed E-state index contributed by atoms with van der Waals surface area (Å²) in [4.78, 5) is 21.9. The lowest BCUT2D eigenvalue weighted by Gasteiger charge is -2.24. The van der Waals surface area contributed by atoms with Crippen LogP contribution in [-0.4, -0.2) is 47.9 Å². The van der Waals surface area contributed by atoms with E-state index in [2.05, 4.69) is 4.98 Å². The first-order valence-corrected chi connectivity index (χ1v) is 9.54. The fourth-order valence-corrected chi connectivity index (χ4v) is 3.52. The highest BCUT2D eigenvalue weighted by Gasteiger charge is 2.19. The van der Waals surface area contributed by atoms with Crippen LogP contribution in [0.4, 0.5) is 4.39 Å². The first-order valence-electron chi connectivity index (χ1n) is 8.72. The highest BCUT2D eigenvalue weighted by Crippen LogP contribution is 2.26. The van der Waals surface area contributed by atoms with E-state index in [4.69, 9.17) is 0 Å². The molecule has 0 fully saturated rings. The van der Waals surface area contributed by atoms with Crippen molar-refractivity contribution in [3.63, 3.8) is 0 Å². The molecule has 0 atom stereocenters. The Balaban J connectivity index is 1.79. The summed E-state index contributed by atoms with van der Waals surface area (Å²) in [5, 5.41) is 0.827. The zero-order valence-corrected chi connectivity index (χ0v) is 16.2. The standard InChI is InChI=1S/C21H22FN3OS/c1-24(2)12-13-25(15-16-8-10-18(22)11-9-16)21(26)19-14-23-20(27-19)17-6-4-3-5-7-17/h3-11,14H,12-13,15H2,1-2H3. The van der Waals surface area contributed by atoms with Crippen LogP contribution >= 0.6 is 11.3 Å². The largest absolute Gasteiger partial charge is 0.332 e. The Morgan fingerprint density at radius 2 is 1.74 bits per heavy atom. The lowest BCUT2D eigenvalue weighted by molar-refractivity contribution is 0.0736. The number of likely N-dealkylation sites (N-methyl/N-ethyl adjacent to an activating group) is 1. The van der Waals surface area contributed by atoms with Gasteiger partial charge >= 0.3 is 0 Å². The van der Waals surface area contributed by atoms with Crippen molar-refractivity contribution in [3.8, 4) is 10.6 Å². The van der Waals surface area contributed by atoms with Gasteiger partial charge in [0.1, 0.15) is 15.7 Å². The molecular weight excluding hydrogens is 361 g/mol. The molecule has 0 spiro atoms. The van der Waals surface area contributed by atoms with Crippen LogP contribution in [0.1, 0.15) is 15.2 Å². The number of amides is 1. The monoisotopic (exact) mass is 383 g/mol. The molecule has 0 aliphatic rings. The van der Waals surface area contributed by atoms with Crippen molar-refractivity contribution in [2.45, 2.75) is 6.54 Å². The van der Waals surface area contributed by atoms with Gasteiger partial charge < -0.3 is 9.80 Å². The summed E-state index contributed by atoms with van der Waals surface area (Å²) in [5.41, 5.74) is 1.90. The smallest absolute Gasteiger partial charge is 0.265 e. The van der Waals surface area contributed by atoms with Crippen molar-refractivity contribution in [2.24, 2.45) is 0 Å². The zero-order valence-electron chi connectivity index (χ0n) is 15.4. The summed E-state index contributed by atoms with van der Waals surface area (Å²) >= 11 is 1.39. The third kappa shape index (κ3) is 5.21. The Kier molecular flexibility index (Phi) is 6.32. The minimum absolute atomic E-state index is 0.0548. The summed E-state index contributed by atoms with van der Waals surface area (Å²) < 4.78 is 13.2. The molecule has 0 saturated heterocycles. The molecule has 0 aliphatic carbocycles. The van der Waals surface area contributed by atoms with Crippen LogP contribution in [-0.2, 0) is 6.54 Å². The van der Waals surface area contributed by atoms with Crippen LogP contribution in [0.3, 0.4) is 0 Å². The predicted octanol–water partition coefficient (Wildman–Crippen LogP) is 4.15. The number of hydrogen-bond acceptors (Lipinski definition) is 4. The Morgan fingerprint density at radius 1 is 1.04 bits per heavy atom. The predicted molar refractivity (Wildman–Crippen MR) is 107 cm³/mol. The Morgan fingerprint density at radius 3 is 2.41 bits per heavy atom. The second kappa shape index (κ2) is 8.88.